The maximum Gasteiger partial charge on any atom is 0.135 e. The van der Waals surface area contributed by atoms with Gasteiger partial charge in [0, 0.05) is 28.8 Å². The summed E-state index contributed by atoms with van der Waals surface area (Å²) in [6.45, 7) is 6.38. The summed E-state index contributed by atoms with van der Waals surface area (Å²) in [5.74, 6) is 1.72. The van der Waals surface area contributed by atoms with E-state index < -0.39 is 0 Å². The summed E-state index contributed by atoms with van der Waals surface area (Å²) in [5.41, 5.74) is 5.21. The highest BCUT2D eigenvalue weighted by Crippen LogP contribution is 2.46. The molecular weight excluding hydrogens is 350 g/mol. The Bertz CT molecular complexity index is 1060. The number of aryl methyl sites for hydroxylation is 1. The summed E-state index contributed by atoms with van der Waals surface area (Å²) in [4.78, 5) is 0. The van der Waals surface area contributed by atoms with Crippen LogP contribution in [0, 0.1) is 6.92 Å². The zero-order chi connectivity index (χ0) is 20.0. The van der Waals surface area contributed by atoms with E-state index in [-0.39, 0.29) is 11.8 Å². The molecule has 3 aromatic rings. The lowest BCUT2D eigenvalue weighted by Gasteiger charge is -2.31. The Morgan fingerprint density at radius 2 is 1.75 bits per heavy atom. The Labute approximate surface area is 166 Å². The Morgan fingerprint density at radius 1 is 1.00 bits per heavy atom. The van der Waals surface area contributed by atoms with E-state index >= 15 is 0 Å². The molecule has 0 fully saturated rings. The van der Waals surface area contributed by atoms with Crippen LogP contribution < -0.4 is 14.8 Å². The molecule has 0 spiro atoms. The molecule has 0 saturated carbocycles. The first-order valence-electron chi connectivity index (χ1n) is 9.71. The zero-order valence-corrected chi connectivity index (χ0v) is 17.1. The zero-order valence-electron chi connectivity index (χ0n) is 17.1. The first kappa shape index (κ1) is 18.6. The predicted molar refractivity (Wildman–Crippen MR) is 114 cm³/mol. The highest BCUT2D eigenvalue weighted by molar-refractivity contribution is 6.00. The van der Waals surface area contributed by atoms with E-state index in [0.717, 1.165) is 39.6 Å². The molecule has 1 aliphatic rings. The Balaban J connectivity index is 1.97. The molecule has 0 saturated heterocycles. The molecule has 2 N–H and O–H groups in total. The van der Waals surface area contributed by atoms with Gasteiger partial charge in [-0.15, -0.1) is 0 Å². The molecule has 4 heteroatoms. The third-order valence-corrected chi connectivity index (χ3v) is 5.69. The van der Waals surface area contributed by atoms with Gasteiger partial charge in [0.1, 0.15) is 17.2 Å². The van der Waals surface area contributed by atoms with Gasteiger partial charge in [-0.2, -0.15) is 0 Å². The second-order valence-corrected chi connectivity index (χ2v) is 7.74. The summed E-state index contributed by atoms with van der Waals surface area (Å²) >= 11 is 0. The molecule has 2 atom stereocenters. The molecule has 0 radical (unpaired) electrons. The standard InChI is InChI=1S/C24H27NO3/c1-13-10-16-6-8-18(23(26)22(16)20(11-13)27-4)19-9-7-17-12-14(2)25-15(3)21(17)24(19)28-5/h6-11,14-15,25-26H,12H2,1-5H3. The van der Waals surface area contributed by atoms with Crippen LogP contribution in [0.4, 0.5) is 0 Å². The van der Waals surface area contributed by atoms with Crippen LogP contribution in [-0.4, -0.2) is 25.4 Å². The van der Waals surface area contributed by atoms with Crippen molar-refractivity contribution >= 4 is 10.8 Å². The van der Waals surface area contributed by atoms with E-state index in [1.807, 2.05) is 25.1 Å². The average molecular weight is 377 g/mol. The lowest BCUT2D eigenvalue weighted by atomic mass is 9.87. The molecule has 4 rings (SSSR count). The number of benzene rings is 3. The highest BCUT2D eigenvalue weighted by Gasteiger charge is 2.27. The molecule has 1 aliphatic heterocycles. The van der Waals surface area contributed by atoms with Crippen LogP contribution in [0.5, 0.6) is 17.2 Å². The quantitative estimate of drug-likeness (QED) is 0.664. The number of phenolic OH excluding ortho intramolecular Hbond substituents is 1. The van der Waals surface area contributed by atoms with Crippen molar-refractivity contribution in [1.82, 2.24) is 5.32 Å². The number of methoxy groups -OCH3 is 2. The number of phenols is 1. The van der Waals surface area contributed by atoms with Gasteiger partial charge >= 0.3 is 0 Å². The first-order chi connectivity index (χ1) is 13.4. The molecule has 0 aromatic heterocycles. The van der Waals surface area contributed by atoms with Crippen molar-refractivity contribution in [3.63, 3.8) is 0 Å². The van der Waals surface area contributed by atoms with Crippen LogP contribution in [-0.2, 0) is 6.42 Å². The van der Waals surface area contributed by atoms with E-state index in [0.29, 0.717) is 11.8 Å². The van der Waals surface area contributed by atoms with Crippen molar-refractivity contribution in [1.29, 1.82) is 0 Å². The van der Waals surface area contributed by atoms with Gasteiger partial charge in [-0.25, -0.2) is 0 Å². The van der Waals surface area contributed by atoms with Crippen LogP contribution in [0.25, 0.3) is 21.9 Å². The third kappa shape index (κ3) is 2.89. The predicted octanol–water partition coefficient (Wildman–Crippen LogP) is 5.13. The molecule has 146 valence electrons. The number of rotatable bonds is 3. The Hall–Kier alpha value is -2.72. The van der Waals surface area contributed by atoms with Crippen molar-refractivity contribution in [2.24, 2.45) is 0 Å². The average Bonchev–Trinajstić information content (AvgIpc) is 2.66. The number of hydrogen-bond donors (Lipinski definition) is 2. The maximum atomic E-state index is 11.2. The molecule has 0 bridgehead atoms. The van der Waals surface area contributed by atoms with Crippen LogP contribution in [0.2, 0.25) is 0 Å². The molecular formula is C24H27NO3. The lowest BCUT2D eigenvalue weighted by molar-refractivity contribution is 0.383. The minimum Gasteiger partial charge on any atom is -0.507 e. The Kier molecular flexibility index (Phi) is 4.68. The van der Waals surface area contributed by atoms with Gasteiger partial charge < -0.3 is 19.9 Å². The van der Waals surface area contributed by atoms with Crippen LogP contribution in [0.15, 0.2) is 36.4 Å². The molecule has 0 aliphatic carbocycles. The molecule has 0 amide bonds. The summed E-state index contributed by atoms with van der Waals surface area (Å²) in [7, 11) is 3.33. The number of ether oxygens (including phenoxy) is 2. The summed E-state index contributed by atoms with van der Waals surface area (Å²) in [5, 5.41) is 16.5. The van der Waals surface area contributed by atoms with Gasteiger partial charge in [0.2, 0.25) is 0 Å². The van der Waals surface area contributed by atoms with Gasteiger partial charge in [0.05, 0.1) is 19.6 Å². The summed E-state index contributed by atoms with van der Waals surface area (Å²) < 4.78 is 11.4. The van der Waals surface area contributed by atoms with Gasteiger partial charge in [-0.1, -0.05) is 24.3 Å². The lowest BCUT2D eigenvalue weighted by Crippen LogP contribution is -2.36. The van der Waals surface area contributed by atoms with Crippen molar-refractivity contribution in [3.05, 3.63) is 53.1 Å². The van der Waals surface area contributed by atoms with Crippen molar-refractivity contribution in [2.75, 3.05) is 14.2 Å². The van der Waals surface area contributed by atoms with Crippen molar-refractivity contribution in [2.45, 2.75) is 39.3 Å². The monoisotopic (exact) mass is 377 g/mol. The van der Waals surface area contributed by atoms with E-state index in [4.69, 9.17) is 9.47 Å². The normalized spacial score (nSPS) is 18.8. The van der Waals surface area contributed by atoms with Crippen molar-refractivity contribution in [3.8, 4) is 28.4 Å². The third-order valence-electron chi connectivity index (χ3n) is 5.69. The van der Waals surface area contributed by atoms with Gasteiger partial charge in [0.25, 0.3) is 0 Å². The minimum atomic E-state index is 0.188. The second-order valence-electron chi connectivity index (χ2n) is 7.74. The van der Waals surface area contributed by atoms with Crippen LogP contribution in [0.1, 0.15) is 36.6 Å². The molecule has 3 aromatic carbocycles. The van der Waals surface area contributed by atoms with Crippen LogP contribution >= 0.6 is 0 Å². The smallest absolute Gasteiger partial charge is 0.135 e. The maximum absolute atomic E-state index is 11.2. The highest BCUT2D eigenvalue weighted by atomic mass is 16.5. The number of fused-ring (bicyclic) bond motifs is 2. The second kappa shape index (κ2) is 7.02. The largest absolute Gasteiger partial charge is 0.507 e. The van der Waals surface area contributed by atoms with E-state index in [2.05, 4.69) is 37.4 Å². The first-order valence-corrected chi connectivity index (χ1v) is 9.71. The summed E-state index contributed by atoms with van der Waals surface area (Å²) in [6, 6.07) is 12.8. The fourth-order valence-corrected chi connectivity index (χ4v) is 4.55. The van der Waals surface area contributed by atoms with Gasteiger partial charge in [-0.3, -0.25) is 0 Å². The molecule has 4 nitrogen and oxygen atoms in total. The molecule has 2 unspecified atom stereocenters. The topological polar surface area (TPSA) is 50.7 Å². The van der Waals surface area contributed by atoms with Gasteiger partial charge in [-0.05, 0) is 55.8 Å². The molecule has 28 heavy (non-hydrogen) atoms. The van der Waals surface area contributed by atoms with E-state index in [1.54, 1.807) is 14.2 Å². The number of aromatic hydroxyl groups is 1. The minimum absolute atomic E-state index is 0.188. The van der Waals surface area contributed by atoms with E-state index in [9.17, 15) is 5.11 Å². The fraction of sp³-hybridized carbons (Fsp3) is 0.333. The Morgan fingerprint density at radius 3 is 2.46 bits per heavy atom. The molecule has 1 heterocycles. The SMILES string of the molecule is COc1c(-c2ccc3cc(C)cc(OC)c3c2O)ccc2c1C(C)NC(C)C2. The van der Waals surface area contributed by atoms with Crippen LogP contribution in [0.3, 0.4) is 0 Å². The number of nitrogens with one attached hydrogen (secondary N) is 1. The van der Waals surface area contributed by atoms with Gasteiger partial charge in [0.15, 0.2) is 0 Å². The van der Waals surface area contributed by atoms with E-state index in [1.165, 1.54) is 11.1 Å². The fourth-order valence-electron chi connectivity index (χ4n) is 4.55. The summed E-state index contributed by atoms with van der Waals surface area (Å²) in [6.07, 6.45) is 0.965. The number of hydrogen-bond acceptors (Lipinski definition) is 4. The van der Waals surface area contributed by atoms with Crippen molar-refractivity contribution < 1.29 is 14.6 Å².